The lowest BCUT2D eigenvalue weighted by atomic mass is 9.85. The average molecular weight is 289 g/mol. The van der Waals surface area contributed by atoms with Crippen molar-refractivity contribution >= 4 is 23.9 Å². The first-order chi connectivity index (χ1) is 10.4. The fraction of sp³-hybridized carbons (Fsp3) is 0.350. The summed E-state index contributed by atoms with van der Waals surface area (Å²) in [6, 6.07) is 13.3. The SMILES string of the molecule is C[B][N+]1=C(/C=C/C(C)C)c2cc3ccccc3cc2C1(C)C. The van der Waals surface area contributed by atoms with Crippen LogP contribution >= 0.6 is 0 Å². The molecule has 1 radical (unpaired) electrons. The van der Waals surface area contributed by atoms with Crippen LogP contribution in [0.15, 0.2) is 48.6 Å². The summed E-state index contributed by atoms with van der Waals surface area (Å²) in [5.74, 6) is 0.554. The number of fused-ring (bicyclic) bond motifs is 2. The molecule has 1 aliphatic rings. The molecule has 0 unspecified atom stereocenters. The van der Waals surface area contributed by atoms with Crippen molar-refractivity contribution in [2.75, 3.05) is 0 Å². The third kappa shape index (κ3) is 2.31. The van der Waals surface area contributed by atoms with Gasteiger partial charge in [0, 0.05) is 25.5 Å². The Morgan fingerprint density at radius 2 is 1.73 bits per heavy atom. The Hall–Kier alpha value is -1.83. The summed E-state index contributed by atoms with van der Waals surface area (Å²) in [7, 11) is 2.20. The van der Waals surface area contributed by atoms with Crippen molar-refractivity contribution < 1.29 is 4.49 Å². The minimum atomic E-state index is -0.00916. The molecule has 0 spiro atoms. The summed E-state index contributed by atoms with van der Waals surface area (Å²) in [6.07, 6.45) is 4.57. The number of benzene rings is 2. The van der Waals surface area contributed by atoms with Gasteiger partial charge in [0.15, 0.2) is 11.3 Å². The van der Waals surface area contributed by atoms with E-state index >= 15 is 0 Å². The highest BCUT2D eigenvalue weighted by Crippen LogP contribution is 2.37. The van der Waals surface area contributed by atoms with Gasteiger partial charge in [0.2, 0.25) is 0 Å². The van der Waals surface area contributed by atoms with Crippen LogP contribution in [0.1, 0.15) is 38.8 Å². The van der Waals surface area contributed by atoms with E-state index < -0.39 is 0 Å². The van der Waals surface area contributed by atoms with Crippen LogP contribution in [-0.4, -0.2) is 17.6 Å². The van der Waals surface area contributed by atoms with Gasteiger partial charge in [-0.15, -0.1) is 0 Å². The van der Waals surface area contributed by atoms with Crippen LogP contribution in [0.2, 0.25) is 6.82 Å². The predicted molar refractivity (Wildman–Crippen MR) is 96.9 cm³/mol. The molecule has 0 fully saturated rings. The minimum Gasteiger partial charge on any atom is -0.306 e. The highest BCUT2D eigenvalue weighted by molar-refractivity contribution is 6.28. The van der Waals surface area contributed by atoms with Crippen molar-refractivity contribution in [1.82, 2.24) is 0 Å². The lowest BCUT2D eigenvalue weighted by molar-refractivity contribution is -0.476. The van der Waals surface area contributed by atoms with E-state index in [1.807, 2.05) is 0 Å². The molecule has 0 aromatic heterocycles. The third-order valence-electron chi connectivity index (χ3n) is 4.58. The van der Waals surface area contributed by atoms with Gasteiger partial charge >= 0.3 is 7.41 Å². The number of hydrogen-bond acceptors (Lipinski definition) is 0. The van der Waals surface area contributed by atoms with E-state index in [1.165, 1.54) is 27.6 Å². The summed E-state index contributed by atoms with van der Waals surface area (Å²) in [5.41, 5.74) is 4.07. The molecule has 0 N–H and O–H groups in total. The fourth-order valence-corrected chi connectivity index (χ4v) is 3.43. The molecule has 0 bridgehead atoms. The molecule has 1 heterocycles. The van der Waals surface area contributed by atoms with Crippen LogP contribution in [0.3, 0.4) is 0 Å². The fourth-order valence-electron chi connectivity index (χ4n) is 3.43. The van der Waals surface area contributed by atoms with Gasteiger partial charge in [0.1, 0.15) is 0 Å². The highest BCUT2D eigenvalue weighted by atomic mass is 15.0. The molecule has 2 aromatic carbocycles. The Labute approximate surface area is 134 Å². The summed E-state index contributed by atoms with van der Waals surface area (Å²) in [5, 5.41) is 2.63. The number of nitrogens with zero attached hydrogens (tertiary/aromatic N) is 1. The van der Waals surface area contributed by atoms with Crippen LogP contribution in [0.25, 0.3) is 10.8 Å². The second-order valence-corrected chi connectivity index (χ2v) is 6.92. The van der Waals surface area contributed by atoms with Gasteiger partial charge < -0.3 is 4.49 Å². The molecule has 0 saturated heterocycles. The Morgan fingerprint density at radius 3 is 2.32 bits per heavy atom. The molecule has 0 aliphatic carbocycles. The summed E-state index contributed by atoms with van der Waals surface area (Å²) >= 11 is 0. The molecule has 1 aliphatic heterocycles. The van der Waals surface area contributed by atoms with E-state index in [0.717, 1.165) is 0 Å². The molecule has 1 nitrogen and oxygen atoms in total. The quantitative estimate of drug-likeness (QED) is 0.716. The Bertz CT molecular complexity index is 781. The minimum absolute atomic E-state index is 0.00916. The average Bonchev–Trinajstić information content (AvgIpc) is 2.69. The zero-order valence-electron chi connectivity index (χ0n) is 14.2. The van der Waals surface area contributed by atoms with Gasteiger partial charge in [-0.25, -0.2) is 0 Å². The smallest absolute Gasteiger partial charge is 0.306 e. The van der Waals surface area contributed by atoms with E-state index in [4.69, 9.17) is 0 Å². The summed E-state index contributed by atoms with van der Waals surface area (Å²) < 4.78 is 2.40. The first-order valence-corrected chi connectivity index (χ1v) is 8.12. The zero-order valence-corrected chi connectivity index (χ0v) is 14.2. The van der Waals surface area contributed by atoms with E-state index in [-0.39, 0.29) is 5.54 Å². The topological polar surface area (TPSA) is 3.01 Å². The lowest BCUT2D eigenvalue weighted by Crippen LogP contribution is -2.33. The maximum Gasteiger partial charge on any atom is 0.531 e. The maximum atomic E-state index is 2.40. The standard InChI is InChI=1S/C20H24BN/c1-14(2)10-11-19-17-12-15-8-6-7-9-16(15)13-18(17)20(3,4)22(19)21-5/h6-14H,1-5H3/q+1/b11-10+. The summed E-state index contributed by atoms with van der Waals surface area (Å²) in [6.45, 7) is 11.2. The number of rotatable bonds is 3. The van der Waals surface area contributed by atoms with Gasteiger partial charge in [-0.2, -0.15) is 0 Å². The van der Waals surface area contributed by atoms with Crippen LogP contribution in [0, 0.1) is 5.92 Å². The summed E-state index contributed by atoms with van der Waals surface area (Å²) in [4.78, 5) is 0. The molecule has 0 amide bonds. The van der Waals surface area contributed by atoms with Crippen molar-refractivity contribution in [2.24, 2.45) is 5.92 Å². The predicted octanol–water partition coefficient (Wildman–Crippen LogP) is 4.77. The Kier molecular flexibility index (Phi) is 3.72. The molecule has 2 aromatic rings. The van der Waals surface area contributed by atoms with Gasteiger partial charge in [0.05, 0.1) is 5.56 Å². The van der Waals surface area contributed by atoms with Crippen molar-refractivity contribution in [1.29, 1.82) is 0 Å². The molecular formula is C20H24BN+. The molecule has 0 atom stereocenters. The van der Waals surface area contributed by atoms with Crippen LogP contribution in [0.5, 0.6) is 0 Å². The number of allylic oxidation sites excluding steroid dienone is 2. The van der Waals surface area contributed by atoms with Crippen molar-refractivity contribution in [3.8, 4) is 0 Å². The molecule has 22 heavy (non-hydrogen) atoms. The van der Waals surface area contributed by atoms with E-state index in [0.29, 0.717) is 5.92 Å². The van der Waals surface area contributed by atoms with E-state index in [9.17, 15) is 0 Å². The van der Waals surface area contributed by atoms with Crippen molar-refractivity contribution in [3.05, 3.63) is 59.7 Å². The first-order valence-electron chi connectivity index (χ1n) is 8.12. The van der Waals surface area contributed by atoms with Crippen LogP contribution in [0.4, 0.5) is 0 Å². The Morgan fingerprint density at radius 1 is 1.09 bits per heavy atom. The molecule has 3 rings (SSSR count). The first kappa shape index (κ1) is 15.1. The van der Waals surface area contributed by atoms with Gasteiger partial charge in [-0.1, -0.05) is 44.2 Å². The van der Waals surface area contributed by atoms with Crippen molar-refractivity contribution in [2.45, 2.75) is 40.1 Å². The largest absolute Gasteiger partial charge is 0.531 e. The van der Waals surface area contributed by atoms with Gasteiger partial charge in [-0.05, 0) is 35.6 Å². The second kappa shape index (κ2) is 5.42. The molecule has 0 saturated carbocycles. The van der Waals surface area contributed by atoms with E-state index in [1.54, 1.807) is 0 Å². The van der Waals surface area contributed by atoms with Gasteiger partial charge in [-0.3, -0.25) is 0 Å². The van der Waals surface area contributed by atoms with Crippen LogP contribution < -0.4 is 0 Å². The monoisotopic (exact) mass is 289 g/mol. The maximum absolute atomic E-state index is 2.40. The highest BCUT2D eigenvalue weighted by Gasteiger charge is 2.43. The van der Waals surface area contributed by atoms with Crippen LogP contribution in [-0.2, 0) is 5.54 Å². The van der Waals surface area contributed by atoms with E-state index in [2.05, 4.69) is 95.0 Å². The Balaban J connectivity index is 2.27. The third-order valence-corrected chi connectivity index (χ3v) is 4.58. The molecular weight excluding hydrogens is 265 g/mol. The molecule has 111 valence electrons. The molecule has 2 heteroatoms. The van der Waals surface area contributed by atoms with Crippen molar-refractivity contribution in [3.63, 3.8) is 0 Å². The lowest BCUT2D eigenvalue weighted by Gasteiger charge is -2.19. The number of hydrogen-bond donors (Lipinski definition) is 0. The zero-order chi connectivity index (χ0) is 15.9. The van der Waals surface area contributed by atoms with Gasteiger partial charge in [0.25, 0.3) is 0 Å². The second-order valence-electron chi connectivity index (χ2n) is 6.92. The normalized spacial score (nSPS) is 16.8.